The van der Waals surface area contributed by atoms with E-state index in [0.717, 1.165) is 19.3 Å². The lowest BCUT2D eigenvalue weighted by atomic mass is 9.44. The zero-order valence-electron chi connectivity index (χ0n) is 16.6. The number of ether oxygens (including phenoxy) is 2. The molecular weight excluding hydrogens is 348 g/mol. The molecular formula is C21H32O6. The molecule has 152 valence electrons. The fourth-order valence-electron chi connectivity index (χ4n) is 6.32. The highest BCUT2D eigenvalue weighted by Gasteiger charge is 2.62. The lowest BCUT2D eigenvalue weighted by Gasteiger charge is -2.61. The van der Waals surface area contributed by atoms with Crippen LogP contribution < -0.4 is 0 Å². The van der Waals surface area contributed by atoms with Crippen LogP contribution in [0, 0.1) is 22.7 Å². The molecule has 2 fully saturated rings. The third-order valence-electron chi connectivity index (χ3n) is 7.72. The standard InChI is InChI=1S/C21H32O6/c1-19-9-4-10-20(2,18(24)26-3)15(19)7-11-21(25,13-22)16(19)6-5-14-8-12-27-17(14)23/h8,15-16,22,25H,4-7,9-13H2,1-3H3/t15?,16-,19+,20+,21+/m1/s1. The van der Waals surface area contributed by atoms with Gasteiger partial charge in [0.25, 0.3) is 0 Å². The fourth-order valence-corrected chi connectivity index (χ4v) is 6.32. The number of methoxy groups -OCH3 is 1. The van der Waals surface area contributed by atoms with Crippen molar-refractivity contribution < 1.29 is 29.3 Å². The molecule has 6 nitrogen and oxygen atoms in total. The van der Waals surface area contributed by atoms with E-state index < -0.39 is 11.0 Å². The first kappa shape index (κ1) is 20.3. The maximum Gasteiger partial charge on any atom is 0.334 e. The molecule has 2 saturated carbocycles. The second kappa shape index (κ2) is 7.21. The summed E-state index contributed by atoms with van der Waals surface area (Å²) >= 11 is 0. The Balaban J connectivity index is 1.92. The number of carbonyl (C=O) groups excluding carboxylic acids is 2. The lowest BCUT2D eigenvalue weighted by Crippen LogP contribution is -2.61. The summed E-state index contributed by atoms with van der Waals surface area (Å²) in [6, 6.07) is 0. The van der Waals surface area contributed by atoms with Gasteiger partial charge in [0.05, 0.1) is 24.7 Å². The summed E-state index contributed by atoms with van der Waals surface area (Å²) in [5, 5.41) is 21.3. The molecule has 1 aliphatic heterocycles. The molecule has 3 aliphatic rings. The number of hydrogen-bond acceptors (Lipinski definition) is 6. The van der Waals surface area contributed by atoms with Gasteiger partial charge in [-0.15, -0.1) is 0 Å². The molecule has 0 aromatic rings. The largest absolute Gasteiger partial charge is 0.469 e. The van der Waals surface area contributed by atoms with E-state index in [1.807, 2.05) is 6.92 Å². The Kier molecular flexibility index (Phi) is 5.43. The van der Waals surface area contributed by atoms with Gasteiger partial charge in [0, 0.05) is 5.57 Å². The van der Waals surface area contributed by atoms with Crippen molar-refractivity contribution in [3.8, 4) is 0 Å². The van der Waals surface area contributed by atoms with E-state index in [0.29, 0.717) is 37.9 Å². The third kappa shape index (κ3) is 3.21. The van der Waals surface area contributed by atoms with Gasteiger partial charge in [-0.05, 0) is 68.8 Å². The molecule has 0 bridgehead atoms. The maximum atomic E-state index is 12.6. The summed E-state index contributed by atoms with van der Waals surface area (Å²) in [5.41, 5.74) is -1.43. The summed E-state index contributed by atoms with van der Waals surface area (Å²) in [5.74, 6) is -0.600. The zero-order chi connectivity index (χ0) is 19.9. The second-order valence-corrected chi connectivity index (χ2v) is 9.04. The van der Waals surface area contributed by atoms with Crippen molar-refractivity contribution in [3.63, 3.8) is 0 Å². The van der Waals surface area contributed by atoms with Gasteiger partial charge in [0.15, 0.2) is 0 Å². The molecule has 0 spiro atoms. The Morgan fingerprint density at radius 1 is 1.33 bits per heavy atom. The summed E-state index contributed by atoms with van der Waals surface area (Å²) in [7, 11) is 1.43. The van der Waals surface area contributed by atoms with Crippen LogP contribution in [0.2, 0.25) is 0 Å². The van der Waals surface area contributed by atoms with E-state index in [1.54, 1.807) is 6.08 Å². The minimum Gasteiger partial charge on any atom is -0.469 e. The summed E-state index contributed by atoms with van der Waals surface area (Å²) in [6.07, 6.45) is 6.57. The van der Waals surface area contributed by atoms with Gasteiger partial charge in [-0.1, -0.05) is 13.3 Å². The minimum absolute atomic E-state index is 0.0764. The van der Waals surface area contributed by atoms with Crippen LogP contribution in [0.25, 0.3) is 0 Å². The lowest BCUT2D eigenvalue weighted by molar-refractivity contribution is -0.204. The van der Waals surface area contributed by atoms with Crippen LogP contribution in [0.15, 0.2) is 11.6 Å². The number of fused-ring (bicyclic) bond motifs is 1. The highest BCUT2D eigenvalue weighted by Crippen LogP contribution is 2.63. The van der Waals surface area contributed by atoms with Crippen LogP contribution >= 0.6 is 0 Å². The Morgan fingerprint density at radius 2 is 2.07 bits per heavy atom. The molecule has 0 radical (unpaired) electrons. The van der Waals surface area contributed by atoms with Crippen molar-refractivity contribution in [2.24, 2.45) is 22.7 Å². The molecule has 0 amide bonds. The van der Waals surface area contributed by atoms with Gasteiger partial charge in [0.1, 0.15) is 6.61 Å². The van der Waals surface area contributed by atoms with E-state index in [1.165, 1.54) is 7.11 Å². The number of aliphatic hydroxyl groups is 2. The van der Waals surface area contributed by atoms with Crippen molar-refractivity contribution in [1.29, 1.82) is 0 Å². The number of esters is 2. The SMILES string of the molecule is COC(=O)[C@@]1(C)CCC[C@@]2(C)C1CC[C@](O)(CO)[C@@H]2CCC1=CCOC1=O. The molecule has 6 heteroatoms. The average Bonchev–Trinajstić information content (AvgIpc) is 3.05. The van der Waals surface area contributed by atoms with Gasteiger partial charge in [-0.25, -0.2) is 4.79 Å². The van der Waals surface area contributed by atoms with Crippen molar-refractivity contribution in [2.75, 3.05) is 20.3 Å². The molecule has 1 unspecified atom stereocenters. The Morgan fingerprint density at radius 3 is 2.67 bits per heavy atom. The Labute approximate surface area is 160 Å². The van der Waals surface area contributed by atoms with Crippen LogP contribution in [0.5, 0.6) is 0 Å². The molecule has 0 saturated heterocycles. The average molecular weight is 380 g/mol. The third-order valence-corrected chi connectivity index (χ3v) is 7.72. The van der Waals surface area contributed by atoms with E-state index in [4.69, 9.17) is 9.47 Å². The number of rotatable bonds is 5. The van der Waals surface area contributed by atoms with Crippen LogP contribution in [0.4, 0.5) is 0 Å². The second-order valence-electron chi connectivity index (χ2n) is 9.04. The number of carbonyl (C=O) groups is 2. The molecule has 0 aromatic heterocycles. The smallest absolute Gasteiger partial charge is 0.334 e. The van der Waals surface area contributed by atoms with E-state index >= 15 is 0 Å². The zero-order valence-corrected chi connectivity index (χ0v) is 16.6. The van der Waals surface area contributed by atoms with Gasteiger partial charge >= 0.3 is 11.9 Å². The monoisotopic (exact) mass is 380 g/mol. The van der Waals surface area contributed by atoms with Crippen molar-refractivity contribution in [3.05, 3.63) is 11.6 Å². The van der Waals surface area contributed by atoms with Gasteiger partial charge < -0.3 is 19.7 Å². The maximum absolute atomic E-state index is 12.6. The number of aliphatic hydroxyl groups excluding tert-OH is 1. The molecule has 2 aliphatic carbocycles. The molecule has 3 rings (SSSR count). The number of cyclic esters (lactones) is 1. The molecule has 27 heavy (non-hydrogen) atoms. The molecule has 2 N–H and O–H groups in total. The Hall–Kier alpha value is -1.40. The van der Waals surface area contributed by atoms with Crippen LogP contribution in [-0.4, -0.2) is 48.1 Å². The van der Waals surface area contributed by atoms with Crippen LogP contribution in [-0.2, 0) is 19.1 Å². The van der Waals surface area contributed by atoms with Crippen molar-refractivity contribution in [2.45, 2.75) is 64.4 Å². The van der Waals surface area contributed by atoms with Gasteiger partial charge in [-0.3, -0.25) is 4.79 Å². The summed E-state index contributed by atoms with van der Waals surface area (Å²) in [6.45, 7) is 4.13. The van der Waals surface area contributed by atoms with E-state index in [9.17, 15) is 19.8 Å². The minimum atomic E-state index is -1.19. The van der Waals surface area contributed by atoms with Crippen LogP contribution in [0.1, 0.15) is 58.8 Å². The fraction of sp³-hybridized carbons (Fsp3) is 0.810. The predicted molar refractivity (Wildman–Crippen MR) is 98.6 cm³/mol. The van der Waals surface area contributed by atoms with E-state index in [-0.39, 0.29) is 35.8 Å². The first-order valence-corrected chi connectivity index (χ1v) is 9.99. The first-order chi connectivity index (χ1) is 12.7. The first-order valence-electron chi connectivity index (χ1n) is 9.99. The molecule has 1 heterocycles. The topological polar surface area (TPSA) is 93.1 Å². The van der Waals surface area contributed by atoms with Gasteiger partial charge in [-0.2, -0.15) is 0 Å². The molecule has 0 aromatic carbocycles. The highest BCUT2D eigenvalue weighted by molar-refractivity contribution is 5.90. The quantitative estimate of drug-likeness (QED) is 0.712. The Bertz CT molecular complexity index is 643. The normalized spacial score (nSPS) is 41.5. The van der Waals surface area contributed by atoms with Gasteiger partial charge in [0.2, 0.25) is 0 Å². The summed E-state index contributed by atoms with van der Waals surface area (Å²) in [4.78, 5) is 24.4. The highest BCUT2D eigenvalue weighted by atomic mass is 16.5. The number of hydrogen-bond donors (Lipinski definition) is 2. The van der Waals surface area contributed by atoms with Crippen LogP contribution in [0.3, 0.4) is 0 Å². The van der Waals surface area contributed by atoms with Crippen molar-refractivity contribution >= 4 is 11.9 Å². The van der Waals surface area contributed by atoms with Crippen molar-refractivity contribution in [1.82, 2.24) is 0 Å². The predicted octanol–water partition coefficient (Wildman–Crippen LogP) is 2.37. The molecule has 5 atom stereocenters. The van der Waals surface area contributed by atoms with E-state index in [2.05, 4.69) is 6.92 Å². The summed E-state index contributed by atoms with van der Waals surface area (Å²) < 4.78 is 10.1.